The predicted molar refractivity (Wildman–Crippen MR) is 150 cm³/mol. The van der Waals surface area contributed by atoms with E-state index in [-0.39, 0.29) is 23.1 Å². The van der Waals surface area contributed by atoms with Crippen LogP contribution in [0.2, 0.25) is 5.02 Å². The molecule has 1 atom stereocenters. The Morgan fingerprint density at radius 3 is 2.45 bits per heavy atom. The van der Waals surface area contributed by atoms with Crippen molar-refractivity contribution in [2.45, 2.75) is 25.8 Å². The SMILES string of the molecule is CCC[C@H](NC(=O)c1ccc(-c2c(Cl)cccc2-c2nc3ccccc3[nH]2)c(C(=O)O)c1)c1ccccc1. The number of benzene rings is 4. The summed E-state index contributed by atoms with van der Waals surface area (Å²) in [6.45, 7) is 2.06. The van der Waals surface area contributed by atoms with Gasteiger partial charge in [-0.25, -0.2) is 9.78 Å². The van der Waals surface area contributed by atoms with Crippen LogP contribution in [0.1, 0.15) is 52.1 Å². The van der Waals surface area contributed by atoms with Crippen LogP contribution in [0.4, 0.5) is 0 Å². The summed E-state index contributed by atoms with van der Waals surface area (Å²) in [6.07, 6.45) is 1.65. The van der Waals surface area contributed by atoms with Crippen molar-refractivity contribution in [1.82, 2.24) is 15.3 Å². The Morgan fingerprint density at radius 1 is 0.947 bits per heavy atom. The maximum atomic E-state index is 13.2. The first kappa shape index (κ1) is 25.2. The number of carbonyl (C=O) groups is 2. The Bertz CT molecular complexity index is 1600. The lowest BCUT2D eigenvalue weighted by molar-refractivity contribution is 0.0697. The number of fused-ring (bicyclic) bond motifs is 1. The van der Waals surface area contributed by atoms with E-state index < -0.39 is 5.97 Å². The predicted octanol–water partition coefficient (Wildman–Crippen LogP) is 7.52. The monoisotopic (exact) mass is 523 g/mol. The molecule has 0 saturated heterocycles. The summed E-state index contributed by atoms with van der Waals surface area (Å²) in [6, 6.07) is 27.3. The molecule has 5 aromatic rings. The minimum atomic E-state index is -1.15. The van der Waals surface area contributed by atoms with Gasteiger partial charge in [0.15, 0.2) is 0 Å². The van der Waals surface area contributed by atoms with Crippen LogP contribution in [0.3, 0.4) is 0 Å². The smallest absolute Gasteiger partial charge is 0.336 e. The number of nitrogens with one attached hydrogen (secondary N) is 2. The van der Waals surface area contributed by atoms with Gasteiger partial charge >= 0.3 is 5.97 Å². The molecule has 0 spiro atoms. The minimum absolute atomic E-state index is 0.0186. The zero-order valence-corrected chi connectivity index (χ0v) is 21.5. The van der Waals surface area contributed by atoms with Gasteiger partial charge in [-0.05, 0) is 47.9 Å². The molecule has 190 valence electrons. The first-order valence-corrected chi connectivity index (χ1v) is 12.8. The van der Waals surface area contributed by atoms with E-state index in [9.17, 15) is 14.7 Å². The number of aromatic amines is 1. The Labute approximate surface area is 225 Å². The zero-order chi connectivity index (χ0) is 26.6. The summed E-state index contributed by atoms with van der Waals surface area (Å²) in [5.41, 5.74) is 4.51. The van der Waals surface area contributed by atoms with Gasteiger partial charge in [0.05, 0.1) is 22.6 Å². The highest BCUT2D eigenvalue weighted by Gasteiger charge is 2.22. The number of carboxylic acids is 1. The lowest BCUT2D eigenvalue weighted by Crippen LogP contribution is -2.28. The van der Waals surface area contributed by atoms with Crippen molar-refractivity contribution in [2.75, 3.05) is 0 Å². The highest BCUT2D eigenvalue weighted by atomic mass is 35.5. The number of H-pyrrole nitrogens is 1. The van der Waals surface area contributed by atoms with E-state index in [1.54, 1.807) is 24.3 Å². The fourth-order valence-corrected chi connectivity index (χ4v) is 4.97. The van der Waals surface area contributed by atoms with Gasteiger partial charge in [-0.1, -0.05) is 85.6 Å². The van der Waals surface area contributed by atoms with Crippen LogP contribution >= 0.6 is 11.6 Å². The van der Waals surface area contributed by atoms with Gasteiger partial charge in [-0.15, -0.1) is 0 Å². The van der Waals surface area contributed by atoms with Crippen LogP contribution in [0, 0.1) is 0 Å². The first-order chi connectivity index (χ1) is 18.5. The summed E-state index contributed by atoms with van der Waals surface area (Å²) >= 11 is 6.65. The van der Waals surface area contributed by atoms with Crippen LogP contribution in [0.25, 0.3) is 33.5 Å². The third-order valence-corrected chi connectivity index (χ3v) is 6.84. The van der Waals surface area contributed by atoms with E-state index in [2.05, 4.69) is 22.2 Å². The quantitative estimate of drug-likeness (QED) is 0.196. The maximum Gasteiger partial charge on any atom is 0.336 e. The van der Waals surface area contributed by atoms with E-state index in [0.717, 1.165) is 29.4 Å². The van der Waals surface area contributed by atoms with Gasteiger partial charge in [-0.3, -0.25) is 4.79 Å². The molecule has 6 nitrogen and oxygen atoms in total. The van der Waals surface area contributed by atoms with Crippen molar-refractivity contribution in [1.29, 1.82) is 0 Å². The third kappa shape index (κ3) is 5.04. The molecule has 0 bridgehead atoms. The molecule has 4 aromatic carbocycles. The molecule has 0 aliphatic heterocycles. The Hall–Kier alpha value is -4.42. The van der Waals surface area contributed by atoms with Gasteiger partial charge in [0.2, 0.25) is 0 Å². The van der Waals surface area contributed by atoms with Crippen molar-refractivity contribution >= 4 is 34.5 Å². The molecule has 0 saturated carbocycles. The molecular formula is C31H26ClN3O3. The number of halogens is 1. The minimum Gasteiger partial charge on any atom is -0.478 e. The molecule has 3 N–H and O–H groups in total. The van der Waals surface area contributed by atoms with Crippen molar-refractivity contribution in [3.63, 3.8) is 0 Å². The fourth-order valence-electron chi connectivity index (χ4n) is 4.69. The maximum absolute atomic E-state index is 13.2. The second kappa shape index (κ2) is 10.9. The van der Waals surface area contributed by atoms with E-state index >= 15 is 0 Å². The van der Waals surface area contributed by atoms with Crippen molar-refractivity contribution in [3.05, 3.63) is 113 Å². The van der Waals surface area contributed by atoms with Gasteiger partial charge in [0.25, 0.3) is 5.91 Å². The molecule has 0 radical (unpaired) electrons. The van der Waals surface area contributed by atoms with Crippen LogP contribution in [0.15, 0.2) is 91.0 Å². The molecule has 5 rings (SSSR count). The average molecular weight is 524 g/mol. The number of hydrogen-bond donors (Lipinski definition) is 3. The van der Waals surface area contributed by atoms with Crippen LogP contribution in [0.5, 0.6) is 0 Å². The van der Waals surface area contributed by atoms with Gasteiger partial charge in [-0.2, -0.15) is 0 Å². The lowest BCUT2D eigenvalue weighted by atomic mass is 9.93. The fraction of sp³-hybridized carbons (Fsp3) is 0.129. The standard InChI is InChI=1S/C31H26ClN3O3/c1-2-9-25(19-10-4-3-5-11-19)35-30(36)20-16-17-21(23(18-20)31(37)38)28-22(12-8-13-24(28)32)29-33-26-14-6-7-15-27(26)34-29/h3-8,10-18,25H,2,9H2,1H3,(H,33,34)(H,35,36)(H,37,38)/t25-/m0/s1. The Morgan fingerprint density at radius 2 is 1.71 bits per heavy atom. The largest absolute Gasteiger partial charge is 0.478 e. The molecular weight excluding hydrogens is 498 g/mol. The van der Waals surface area contributed by atoms with Crippen LogP contribution in [-0.4, -0.2) is 27.0 Å². The zero-order valence-electron chi connectivity index (χ0n) is 20.7. The van der Waals surface area contributed by atoms with E-state index in [1.165, 1.54) is 6.07 Å². The number of imidazole rings is 1. The molecule has 0 aliphatic carbocycles. The topological polar surface area (TPSA) is 95.1 Å². The second-order valence-electron chi connectivity index (χ2n) is 9.06. The third-order valence-electron chi connectivity index (χ3n) is 6.52. The number of aromatic carboxylic acids is 1. The van der Waals surface area contributed by atoms with E-state index in [4.69, 9.17) is 11.6 Å². The molecule has 1 aromatic heterocycles. The summed E-state index contributed by atoms with van der Waals surface area (Å²) < 4.78 is 0. The van der Waals surface area contributed by atoms with E-state index in [1.807, 2.05) is 60.7 Å². The number of amides is 1. The highest BCUT2D eigenvalue weighted by Crippen LogP contribution is 2.39. The highest BCUT2D eigenvalue weighted by molar-refractivity contribution is 6.34. The molecule has 0 fully saturated rings. The Balaban J connectivity index is 1.55. The number of hydrogen-bond acceptors (Lipinski definition) is 3. The van der Waals surface area contributed by atoms with Crippen LogP contribution < -0.4 is 5.32 Å². The number of aromatic nitrogens is 2. The van der Waals surface area contributed by atoms with Crippen LogP contribution in [-0.2, 0) is 0 Å². The summed E-state index contributed by atoms with van der Waals surface area (Å²) in [7, 11) is 0. The van der Waals surface area contributed by atoms with Crippen molar-refractivity contribution in [3.8, 4) is 22.5 Å². The van der Waals surface area contributed by atoms with Crippen molar-refractivity contribution < 1.29 is 14.7 Å². The lowest BCUT2D eigenvalue weighted by Gasteiger charge is -2.19. The van der Waals surface area contributed by atoms with Crippen molar-refractivity contribution in [2.24, 2.45) is 0 Å². The summed E-state index contributed by atoms with van der Waals surface area (Å²) in [5, 5.41) is 13.6. The molecule has 0 unspecified atom stereocenters. The number of carboxylic acid groups (broad SMARTS) is 1. The first-order valence-electron chi connectivity index (χ1n) is 12.4. The molecule has 0 aliphatic rings. The summed E-state index contributed by atoms with van der Waals surface area (Å²) in [5.74, 6) is -0.913. The number of carbonyl (C=O) groups excluding carboxylic acids is 1. The number of nitrogens with zero attached hydrogens (tertiary/aromatic N) is 1. The van der Waals surface area contributed by atoms with Gasteiger partial charge < -0.3 is 15.4 Å². The number of rotatable bonds is 8. The van der Waals surface area contributed by atoms with Gasteiger partial charge in [0.1, 0.15) is 5.82 Å². The Kier molecular flexibility index (Phi) is 7.24. The summed E-state index contributed by atoms with van der Waals surface area (Å²) in [4.78, 5) is 33.6. The molecule has 1 amide bonds. The molecule has 38 heavy (non-hydrogen) atoms. The molecule has 1 heterocycles. The second-order valence-corrected chi connectivity index (χ2v) is 9.46. The van der Waals surface area contributed by atoms with E-state index in [0.29, 0.717) is 27.5 Å². The average Bonchev–Trinajstić information content (AvgIpc) is 3.37. The number of para-hydroxylation sites is 2. The van der Waals surface area contributed by atoms with Gasteiger partial charge in [0, 0.05) is 21.7 Å². The molecule has 7 heteroatoms. The normalized spacial score (nSPS) is 11.8.